The molecule has 1 aromatic heterocycles. The Hall–Kier alpha value is -2.61. The molecule has 3 aliphatic heterocycles. The van der Waals surface area contributed by atoms with E-state index < -0.39 is 10.0 Å². The second-order valence-corrected chi connectivity index (χ2v) is 15.2. The van der Waals surface area contributed by atoms with Crippen LogP contribution in [-0.2, 0) is 15.8 Å². The molecule has 1 N–H and O–H groups in total. The third-order valence-electron chi connectivity index (χ3n) is 8.43. The van der Waals surface area contributed by atoms with Gasteiger partial charge in [0.1, 0.15) is 5.03 Å². The number of rotatable bonds is 8. The molecule has 1 amide bonds. The predicted octanol–water partition coefficient (Wildman–Crippen LogP) is 5.69. The number of nitrogens with zero attached hydrogens (tertiary/aromatic N) is 6. The zero-order chi connectivity index (χ0) is 31.0. The normalized spacial score (nSPS) is 18.2. The number of hydrogen-bond acceptors (Lipinski definition) is 9. The fraction of sp³-hybridized carbons (Fsp3) is 0.433. The number of fused-ring (bicyclic) bond motifs is 1. The van der Waals surface area contributed by atoms with E-state index in [4.69, 9.17) is 23.2 Å². The fourth-order valence-electron chi connectivity index (χ4n) is 6.02. The van der Waals surface area contributed by atoms with Crippen LogP contribution in [0.2, 0.25) is 10.0 Å². The highest BCUT2D eigenvalue weighted by atomic mass is 35.5. The summed E-state index contributed by atoms with van der Waals surface area (Å²) in [5.41, 5.74) is 3.20. The van der Waals surface area contributed by atoms with Gasteiger partial charge >= 0.3 is 0 Å². The van der Waals surface area contributed by atoms with Crippen LogP contribution >= 0.6 is 35.0 Å². The van der Waals surface area contributed by atoms with Gasteiger partial charge in [-0.3, -0.25) is 9.69 Å². The van der Waals surface area contributed by atoms with Gasteiger partial charge < -0.3 is 15.1 Å². The number of para-hydroxylation sites is 1. The van der Waals surface area contributed by atoms with Crippen LogP contribution in [0.3, 0.4) is 0 Å². The number of benzene rings is 2. The average Bonchev–Trinajstić information content (AvgIpc) is 3.55. The average molecular weight is 677 g/mol. The molecule has 44 heavy (non-hydrogen) atoms. The molecular formula is C30H35Cl2N7O3S2. The maximum atomic E-state index is 13.4. The molecule has 14 heteroatoms. The highest BCUT2D eigenvalue weighted by Gasteiger charge is 2.31. The van der Waals surface area contributed by atoms with E-state index in [1.165, 1.54) is 22.9 Å². The lowest BCUT2D eigenvalue weighted by Gasteiger charge is -2.37. The zero-order valence-corrected chi connectivity index (χ0v) is 27.8. The van der Waals surface area contributed by atoms with Crippen molar-refractivity contribution in [1.29, 1.82) is 0 Å². The molecular weight excluding hydrogens is 641 g/mol. The lowest BCUT2D eigenvalue weighted by atomic mass is 10.0. The first-order valence-electron chi connectivity index (χ1n) is 14.7. The Morgan fingerprint density at radius 3 is 2.43 bits per heavy atom. The van der Waals surface area contributed by atoms with Crippen LogP contribution in [0.25, 0.3) is 0 Å². The van der Waals surface area contributed by atoms with Crippen molar-refractivity contribution < 1.29 is 13.2 Å². The van der Waals surface area contributed by atoms with Crippen molar-refractivity contribution in [2.75, 3.05) is 61.3 Å². The van der Waals surface area contributed by atoms with E-state index >= 15 is 0 Å². The number of piperidine rings is 1. The minimum atomic E-state index is -3.47. The van der Waals surface area contributed by atoms with Crippen molar-refractivity contribution in [3.63, 3.8) is 0 Å². The number of nitrogens with one attached hydrogen (secondary N) is 1. The van der Waals surface area contributed by atoms with Gasteiger partial charge in [-0.15, -0.1) is 0 Å². The van der Waals surface area contributed by atoms with Crippen molar-refractivity contribution in [2.45, 2.75) is 42.5 Å². The lowest BCUT2D eigenvalue weighted by Crippen LogP contribution is -2.42. The summed E-state index contributed by atoms with van der Waals surface area (Å²) < 4.78 is 28.4. The van der Waals surface area contributed by atoms with Crippen LogP contribution in [0.4, 0.5) is 23.0 Å². The first kappa shape index (κ1) is 31.4. The third-order valence-corrected chi connectivity index (χ3v) is 11.8. The highest BCUT2D eigenvalue weighted by molar-refractivity contribution is 7.99. The first-order chi connectivity index (χ1) is 21.1. The predicted molar refractivity (Wildman–Crippen MR) is 178 cm³/mol. The largest absolute Gasteiger partial charge is 0.371 e. The summed E-state index contributed by atoms with van der Waals surface area (Å²) in [5, 5.41) is 4.57. The molecule has 0 saturated carbocycles. The molecule has 10 nitrogen and oxygen atoms in total. The van der Waals surface area contributed by atoms with Crippen LogP contribution in [0.15, 0.2) is 47.6 Å². The van der Waals surface area contributed by atoms with E-state index in [0.29, 0.717) is 63.0 Å². The quantitative estimate of drug-likeness (QED) is 0.302. The van der Waals surface area contributed by atoms with Gasteiger partial charge in [0.25, 0.3) is 5.91 Å². The Balaban J connectivity index is 1.25. The van der Waals surface area contributed by atoms with Gasteiger partial charge in [-0.25, -0.2) is 22.7 Å². The van der Waals surface area contributed by atoms with E-state index in [1.807, 2.05) is 18.2 Å². The second-order valence-electron chi connectivity index (χ2n) is 11.5. The molecule has 6 rings (SSSR count). The van der Waals surface area contributed by atoms with E-state index in [-0.39, 0.29) is 11.7 Å². The van der Waals surface area contributed by atoms with E-state index in [2.05, 4.69) is 39.2 Å². The Labute approximate surface area is 272 Å². The van der Waals surface area contributed by atoms with Gasteiger partial charge in [-0.1, -0.05) is 41.0 Å². The number of thioether (sulfide) groups is 1. The van der Waals surface area contributed by atoms with Crippen LogP contribution in [0.5, 0.6) is 0 Å². The van der Waals surface area contributed by atoms with Gasteiger partial charge in [-0.2, -0.15) is 0 Å². The van der Waals surface area contributed by atoms with Gasteiger partial charge in [0, 0.05) is 49.8 Å². The van der Waals surface area contributed by atoms with Gasteiger partial charge in [-0.05, 0) is 75.7 Å². The van der Waals surface area contributed by atoms with Crippen molar-refractivity contribution in [3.05, 3.63) is 63.8 Å². The molecule has 2 aromatic carbocycles. The SMILES string of the molecule is CN(C)C1CCN(c2ccc(Nc3ncc4c(n3)SCN(c3c(Cl)cccc3Cl)C4=O)cc2CS(=O)(=O)N2CCCC2)CC1. The Kier molecular flexibility index (Phi) is 9.28. The molecule has 2 saturated heterocycles. The van der Waals surface area contributed by atoms with Crippen LogP contribution < -0.4 is 15.1 Å². The summed E-state index contributed by atoms with van der Waals surface area (Å²) in [6.45, 7) is 2.87. The van der Waals surface area contributed by atoms with Crippen molar-refractivity contribution >= 4 is 73.9 Å². The maximum Gasteiger partial charge on any atom is 0.263 e. The molecule has 0 unspecified atom stereocenters. The van der Waals surface area contributed by atoms with Gasteiger partial charge in [0.05, 0.1) is 32.9 Å². The molecule has 234 valence electrons. The number of halogens is 2. The summed E-state index contributed by atoms with van der Waals surface area (Å²) in [6.07, 6.45) is 5.32. The number of amides is 1. The Morgan fingerprint density at radius 1 is 1.05 bits per heavy atom. The molecule has 0 spiro atoms. The molecule has 0 aliphatic carbocycles. The second kappa shape index (κ2) is 13.0. The monoisotopic (exact) mass is 675 g/mol. The summed E-state index contributed by atoms with van der Waals surface area (Å²) in [5.74, 6) is 0.267. The van der Waals surface area contributed by atoms with E-state index in [0.717, 1.165) is 50.0 Å². The molecule has 0 atom stereocenters. The van der Waals surface area contributed by atoms with Crippen molar-refractivity contribution in [1.82, 2.24) is 19.2 Å². The van der Waals surface area contributed by atoms with Gasteiger partial charge in [0.2, 0.25) is 16.0 Å². The van der Waals surface area contributed by atoms with Crippen molar-refractivity contribution in [3.8, 4) is 0 Å². The summed E-state index contributed by atoms with van der Waals surface area (Å²) in [7, 11) is 0.750. The van der Waals surface area contributed by atoms with Gasteiger partial charge in [0.15, 0.2) is 0 Å². The summed E-state index contributed by atoms with van der Waals surface area (Å²) >= 11 is 14.1. The number of carbonyl (C=O) groups is 1. The minimum Gasteiger partial charge on any atom is -0.371 e. The van der Waals surface area contributed by atoms with E-state index in [9.17, 15) is 13.2 Å². The summed E-state index contributed by atoms with van der Waals surface area (Å²) in [6, 6.07) is 11.5. The molecule has 3 aliphatic rings. The highest BCUT2D eigenvalue weighted by Crippen LogP contribution is 2.40. The topological polar surface area (TPSA) is 102 Å². The Morgan fingerprint density at radius 2 is 1.75 bits per heavy atom. The Bertz CT molecular complexity index is 1640. The molecule has 0 radical (unpaired) electrons. The molecule has 3 aromatic rings. The third kappa shape index (κ3) is 6.52. The van der Waals surface area contributed by atoms with Crippen molar-refractivity contribution in [2.24, 2.45) is 0 Å². The van der Waals surface area contributed by atoms with Crippen LogP contribution in [0, 0.1) is 0 Å². The number of hydrogen-bond donors (Lipinski definition) is 1. The number of sulfonamides is 1. The van der Waals surface area contributed by atoms with Crippen LogP contribution in [0.1, 0.15) is 41.6 Å². The van der Waals surface area contributed by atoms with Crippen LogP contribution in [-0.4, -0.2) is 85.7 Å². The standard InChI is InChI=1S/C30H35Cl2N7O3S2/c1-36(2)22-10-14-37(15-11-22)26-9-8-21(16-20(26)18-44(41,42)38-12-3-4-13-38)34-30-33-17-23-28(35-30)43-19-39(29(23)40)27-24(31)6-5-7-25(27)32/h5-9,16-17,22H,3-4,10-15,18-19H2,1-2H3,(H,33,34,35). The lowest BCUT2D eigenvalue weighted by molar-refractivity contribution is 0.0985. The first-order valence-corrected chi connectivity index (χ1v) is 18.0. The molecule has 0 bridgehead atoms. The molecule has 2 fully saturated rings. The number of anilines is 4. The minimum absolute atomic E-state index is 0.0682. The maximum absolute atomic E-state index is 13.4. The fourth-order valence-corrected chi connectivity index (χ4v) is 9.19. The molecule has 4 heterocycles. The number of aromatic nitrogens is 2. The smallest absolute Gasteiger partial charge is 0.263 e. The number of carbonyl (C=O) groups excluding carboxylic acids is 1. The summed E-state index contributed by atoms with van der Waals surface area (Å²) in [4.78, 5) is 28.5. The van der Waals surface area contributed by atoms with E-state index in [1.54, 1.807) is 22.5 Å². The zero-order valence-electron chi connectivity index (χ0n) is 24.7.